The van der Waals surface area contributed by atoms with Gasteiger partial charge in [0.1, 0.15) is 17.7 Å². The fraction of sp³-hybridized carbons (Fsp3) is 0.471. The molecule has 0 aliphatic carbocycles. The standard InChI is InChI=1S/C17H23NO7/c1-9-5-16(22)24-14-6-11(3-4-12(9)14)18-13(7-19)17(23)25-15(8-20)10(2)21/h3-6,10,13,15,17-21,23H,7-8H2,1-2H3/t10-,13-,15?,17?/m0/s1. The van der Waals surface area contributed by atoms with Crippen molar-refractivity contribution in [2.24, 2.45) is 0 Å². The van der Waals surface area contributed by atoms with Crippen LogP contribution in [0.1, 0.15) is 12.5 Å². The van der Waals surface area contributed by atoms with Gasteiger partial charge in [-0.2, -0.15) is 0 Å². The fourth-order valence-corrected chi connectivity index (χ4v) is 2.42. The Kier molecular flexibility index (Phi) is 6.51. The third-order valence-corrected chi connectivity index (χ3v) is 3.88. The zero-order valence-electron chi connectivity index (χ0n) is 14.0. The fourth-order valence-electron chi connectivity index (χ4n) is 2.42. The van der Waals surface area contributed by atoms with E-state index >= 15 is 0 Å². The predicted octanol–water partition coefficient (Wildman–Crippen LogP) is -0.0491. The maximum Gasteiger partial charge on any atom is 0.336 e. The highest BCUT2D eigenvalue weighted by Gasteiger charge is 2.25. The number of aryl methyl sites for hydroxylation is 1. The van der Waals surface area contributed by atoms with E-state index in [9.17, 15) is 20.1 Å². The first-order valence-corrected chi connectivity index (χ1v) is 7.90. The van der Waals surface area contributed by atoms with Gasteiger partial charge in [0.15, 0.2) is 6.29 Å². The minimum absolute atomic E-state index is 0.374. The summed E-state index contributed by atoms with van der Waals surface area (Å²) in [5.74, 6) is 0. The molecule has 0 aliphatic heterocycles. The number of aliphatic hydroxyl groups excluding tert-OH is 4. The lowest BCUT2D eigenvalue weighted by Gasteiger charge is -2.28. The van der Waals surface area contributed by atoms with Crippen LogP contribution in [0, 0.1) is 6.92 Å². The summed E-state index contributed by atoms with van der Waals surface area (Å²) in [6.07, 6.45) is -3.45. The molecule has 0 radical (unpaired) electrons. The van der Waals surface area contributed by atoms with Gasteiger partial charge in [0.05, 0.1) is 19.3 Å². The molecule has 2 unspecified atom stereocenters. The molecule has 0 amide bonds. The van der Waals surface area contributed by atoms with E-state index in [-0.39, 0.29) is 0 Å². The normalized spacial score (nSPS) is 16.4. The molecule has 4 atom stereocenters. The topological polar surface area (TPSA) is 132 Å². The Morgan fingerprint density at radius 1 is 1.20 bits per heavy atom. The molecule has 2 aromatic rings. The Balaban J connectivity index is 2.18. The Morgan fingerprint density at radius 3 is 2.52 bits per heavy atom. The van der Waals surface area contributed by atoms with E-state index in [1.807, 2.05) is 0 Å². The van der Waals surface area contributed by atoms with E-state index in [0.29, 0.717) is 11.3 Å². The Hall–Kier alpha value is -1.97. The van der Waals surface area contributed by atoms with Crippen LogP contribution in [0.5, 0.6) is 0 Å². The second-order valence-electron chi connectivity index (χ2n) is 5.88. The number of hydrogen-bond acceptors (Lipinski definition) is 8. The molecular weight excluding hydrogens is 330 g/mol. The highest BCUT2D eigenvalue weighted by molar-refractivity contribution is 5.83. The number of benzene rings is 1. The SMILES string of the molecule is Cc1cc(=O)oc2cc(N[C@@H](CO)C(O)OC(CO)[C@H](C)O)ccc12. The molecule has 8 nitrogen and oxygen atoms in total. The summed E-state index contributed by atoms with van der Waals surface area (Å²) in [7, 11) is 0. The van der Waals surface area contributed by atoms with Crippen molar-refractivity contribution < 1.29 is 29.6 Å². The molecule has 5 N–H and O–H groups in total. The van der Waals surface area contributed by atoms with Crippen LogP contribution >= 0.6 is 0 Å². The molecule has 138 valence electrons. The van der Waals surface area contributed by atoms with Gasteiger partial charge in [0.2, 0.25) is 0 Å². The lowest BCUT2D eigenvalue weighted by Crippen LogP contribution is -2.44. The van der Waals surface area contributed by atoms with Crippen molar-refractivity contribution in [3.63, 3.8) is 0 Å². The maximum absolute atomic E-state index is 11.5. The van der Waals surface area contributed by atoms with Crippen LogP contribution in [0.15, 0.2) is 33.5 Å². The van der Waals surface area contributed by atoms with E-state index in [1.54, 1.807) is 25.1 Å². The summed E-state index contributed by atoms with van der Waals surface area (Å²) in [6, 6.07) is 5.53. The van der Waals surface area contributed by atoms with Gasteiger partial charge in [0.25, 0.3) is 0 Å². The quantitative estimate of drug-likeness (QED) is 0.330. The van der Waals surface area contributed by atoms with Crippen molar-refractivity contribution >= 4 is 16.7 Å². The van der Waals surface area contributed by atoms with Crippen molar-refractivity contribution in [3.05, 3.63) is 40.2 Å². The average Bonchev–Trinajstić information content (AvgIpc) is 2.56. The predicted molar refractivity (Wildman–Crippen MR) is 91.4 cm³/mol. The minimum Gasteiger partial charge on any atom is -0.423 e. The van der Waals surface area contributed by atoms with Gasteiger partial charge in [0, 0.05) is 23.2 Å². The Labute approximate surface area is 144 Å². The lowest BCUT2D eigenvalue weighted by molar-refractivity contribution is -0.182. The number of ether oxygens (including phenoxy) is 1. The number of aliphatic hydroxyl groups is 4. The summed E-state index contributed by atoms with van der Waals surface area (Å²) < 4.78 is 10.3. The smallest absolute Gasteiger partial charge is 0.336 e. The van der Waals surface area contributed by atoms with Gasteiger partial charge in [-0.15, -0.1) is 0 Å². The molecule has 0 bridgehead atoms. The Bertz CT molecular complexity index is 758. The van der Waals surface area contributed by atoms with Crippen LogP contribution in [0.4, 0.5) is 5.69 Å². The molecule has 0 fully saturated rings. The third-order valence-electron chi connectivity index (χ3n) is 3.88. The first-order valence-electron chi connectivity index (χ1n) is 7.90. The molecule has 0 aliphatic rings. The van der Waals surface area contributed by atoms with Crippen molar-refractivity contribution in [2.45, 2.75) is 38.4 Å². The second kappa shape index (κ2) is 8.41. The second-order valence-corrected chi connectivity index (χ2v) is 5.88. The largest absolute Gasteiger partial charge is 0.423 e. The Morgan fingerprint density at radius 2 is 1.92 bits per heavy atom. The van der Waals surface area contributed by atoms with Crippen molar-refractivity contribution in [3.8, 4) is 0 Å². The van der Waals surface area contributed by atoms with Gasteiger partial charge >= 0.3 is 5.63 Å². The first-order chi connectivity index (χ1) is 11.8. The van der Waals surface area contributed by atoms with Gasteiger partial charge in [-0.3, -0.25) is 0 Å². The van der Waals surface area contributed by atoms with E-state index in [0.717, 1.165) is 10.9 Å². The molecule has 0 saturated heterocycles. The molecule has 0 spiro atoms. The van der Waals surface area contributed by atoms with E-state index < -0.39 is 43.4 Å². The number of fused-ring (bicyclic) bond motifs is 1. The summed E-state index contributed by atoms with van der Waals surface area (Å²) in [5, 5.41) is 41.8. The van der Waals surface area contributed by atoms with Crippen LogP contribution in [0.2, 0.25) is 0 Å². The molecule has 0 saturated carbocycles. The van der Waals surface area contributed by atoms with Crippen molar-refractivity contribution in [2.75, 3.05) is 18.5 Å². The van der Waals surface area contributed by atoms with Gasteiger partial charge in [-0.05, 0) is 31.5 Å². The first kappa shape index (κ1) is 19.4. The number of anilines is 1. The van der Waals surface area contributed by atoms with Gasteiger partial charge in [-0.1, -0.05) is 0 Å². The number of hydrogen-bond donors (Lipinski definition) is 5. The van der Waals surface area contributed by atoms with Gasteiger partial charge < -0.3 is 34.9 Å². The zero-order chi connectivity index (χ0) is 18.6. The summed E-state index contributed by atoms with van der Waals surface area (Å²) in [6.45, 7) is 2.27. The average molecular weight is 353 g/mol. The highest BCUT2D eigenvalue weighted by Crippen LogP contribution is 2.22. The summed E-state index contributed by atoms with van der Waals surface area (Å²) >= 11 is 0. The van der Waals surface area contributed by atoms with E-state index in [4.69, 9.17) is 14.3 Å². The van der Waals surface area contributed by atoms with E-state index in [1.165, 1.54) is 13.0 Å². The molecule has 1 heterocycles. The molecule has 1 aromatic heterocycles. The minimum atomic E-state index is -1.48. The van der Waals surface area contributed by atoms with Crippen molar-refractivity contribution in [1.82, 2.24) is 0 Å². The lowest BCUT2D eigenvalue weighted by atomic mass is 10.1. The molecule has 1 aromatic carbocycles. The molecule has 2 rings (SSSR count). The molecule has 25 heavy (non-hydrogen) atoms. The monoisotopic (exact) mass is 353 g/mol. The van der Waals surface area contributed by atoms with Crippen LogP contribution < -0.4 is 10.9 Å². The van der Waals surface area contributed by atoms with Crippen LogP contribution in [0.3, 0.4) is 0 Å². The third kappa shape index (κ3) is 4.77. The number of rotatable bonds is 8. The zero-order valence-corrected chi connectivity index (χ0v) is 14.0. The van der Waals surface area contributed by atoms with E-state index in [2.05, 4.69) is 5.32 Å². The van der Waals surface area contributed by atoms with Crippen LogP contribution in [-0.4, -0.2) is 58.2 Å². The van der Waals surface area contributed by atoms with Crippen molar-refractivity contribution in [1.29, 1.82) is 0 Å². The summed E-state index contributed by atoms with van der Waals surface area (Å²) in [5.41, 5.74) is 1.19. The van der Waals surface area contributed by atoms with Crippen LogP contribution in [-0.2, 0) is 4.74 Å². The van der Waals surface area contributed by atoms with Gasteiger partial charge in [-0.25, -0.2) is 4.79 Å². The molecular formula is C17H23NO7. The highest BCUT2D eigenvalue weighted by atomic mass is 16.6. The molecule has 8 heteroatoms. The van der Waals surface area contributed by atoms with Crippen LogP contribution in [0.25, 0.3) is 11.0 Å². The number of nitrogens with one attached hydrogen (secondary N) is 1. The maximum atomic E-state index is 11.5. The summed E-state index contributed by atoms with van der Waals surface area (Å²) in [4.78, 5) is 11.5.